The summed E-state index contributed by atoms with van der Waals surface area (Å²) in [5.74, 6) is 0. The normalized spacial score (nSPS) is 15.5. The highest BCUT2D eigenvalue weighted by molar-refractivity contribution is 6.30. The first-order valence-corrected chi connectivity index (χ1v) is 7.95. The largest absolute Gasteiger partial charge is 0.368 e. The molecule has 0 N–H and O–H groups in total. The standard InChI is InChI=1S/C18H20ClN3/c1-15-2-4-16(5-3-15)14-20-22-12-10-21(11-13-22)18-8-6-17(19)7-9-18/h2-9,14H,10-13H2,1H3/b20-14+. The Bertz CT molecular complexity index is 626. The quantitative estimate of drug-likeness (QED) is 0.803. The van der Waals surface area contributed by atoms with Gasteiger partial charge in [-0.25, -0.2) is 0 Å². The van der Waals surface area contributed by atoms with Crippen LogP contribution in [0.5, 0.6) is 0 Å². The number of nitrogens with zero attached hydrogens (tertiary/aromatic N) is 3. The predicted molar refractivity (Wildman–Crippen MR) is 94.0 cm³/mol. The Balaban J connectivity index is 1.55. The molecule has 0 unspecified atom stereocenters. The number of halogens is 1. The molecule has 0 radical (unpaired) electrons. The van der Waals surface area contributed by atoms with Crippen molar-refractivity contribution in [1.29, 1.82) is 0 Å². The van der Waals surface area contributed by atoms with Gasteiger partial charge in [-0.3, -0.25) is 5.01 Å². The van der Waals surface area contributed by atoms with E-state index in [2.05, 4.69) is 58.3 Å². The summed E-state index contributed by atoms with van der Waals surface area (Å²) in [6.07, 6.45) is 1.94. The number of hydrogen-bond donors (Lipinski definition) is 0. The maximum absolute atomic E-state index is 5.94. The molecule has 0 aromatic heterocycles. The summed E-state index contributed by atoms with van der Waals surface area (Å²) in [6.45, 7) is 5.92. The lowest BCUT2D eigenvalue weighted by Gasteiger charge is -2.34. The van der Waals surface area contributed by atoms with Gasteiger partial charge in [-0.15, -0.1) is 0 Å². The first-order chi connectivity index (χ1) is 10.7. The maximum atomic E-state index is 5.94. The van der Waals surface area contributed by atoms with Crippen LogP contribution in [-0.2, 0) is 0 Å². The van der Waals surface area contributed by atoms with Crippen molar-refractivity contribution in [2.75, 3.05) is 31.1 Å². The van der Waals surface area contributed by atoms with Gasteiger partial charge in [0.05, 0.1) is 19.3 Å². The van der Waals surface area contributed by atoms with Gasteiger partial charge < -0.3 is 4.90 Å². The molecule has 0 amide bonds. The average Bonchev–Trinajstić information content (AvgIpc) is 2.56. The second-order valence-corrected chi connectivity index (χ2v) is 6.01. The summed E-state index contributed by atoms with van der Waals surface area (Å²) >= 11 is 5.94. The Hall–Kier alpha value is -2.00. The molecule has 0 atom stereocenters. The lowest BCUT2D eigenvalue weighted by molar-refractivity contribution is 0.272. The van der Waals surface area contributed by atoms with Crippen molar-refractivity contribution in [3.63, 3.8) is 0 Å². The van der Waals surface area contributed by atoms with E-state index in [-0.39, 0.29) is 0 Å². The van der Waals surface area contributed by atoms with Crippen LogP contribution in [0.25, 0.3) is 0 Å². The van der Waals surface area contributed by atoms with Gasteiger partial charge in [-0.2, -0.15) is 5.10 Å². The number of aryl methyl sites for hydroxylation is 1. The molecular weight excluding hydrogens is 294 g/mol. The molecule has 4 heteroatoms. The molecule has 0 bridgehead atoms. The van der Waals surface area contributed by atoms with Crippen LogP contribution in [0.3, 0.4) is 0 Å². The molecule has 3 rings (SSSR count). The Morgan fingerprint density at radius 3 is 2.18 bits per heavy atom. The monoisotopic (exact) mass is 313 g/mol. The molecule has 0 aliphatic carbocycles. The van der Waals surface area contributed by atoms with Gasteiger partial charge in [0.1, 0.15) is 0 Å². The molecule has 1 heterocycles. The van der Waals surface area contributed by atoms with Crippen LogP contribution in [0.15, 0.2) is 53.6 Å². The first-order valence-electron chi connectivity index (χ1n) is 7.57. The minimum absolute atomic E-state index is 0.782. The third kappa shape index (κ3) is 3.80. The molecular formula is C18H20ClN3. The van der Waals surface area contributed by atoms with Crippen molar-refractivity contribution in [2.24, 2.45) is 5.10 Å². The van der Waals surface area contributed by atoms with E-state index < -0.39 is 0 Å². The number of anilines is 1. The van der Waals surface area contributed by atoms with Crippen LogP contribution >= 0.6 is 11.6 Å². The van der Waals surface area contributed by atoms with Crippen LogP contribution < -0.4 is 4.90 Å². The molecule has 2 aromatic carbocycles. The molecule has 1 aliphatic rings. The zero-order valence-electron chi connectivity index (χ0n) is 12.7. The van der Waals surface area contributed by atoms with Crippen molar-refractivity contribution in [1.82, 2.24) is 5.01 Å². The third-order valence-electron chi connectivity index (χ3n) is 3.90. The average molecular weight is 314 g/mol. The Kier molecular flexibility index (Phi) is 4.64. The van der Waals surface area contributed by atoms with Crippen molar-refractivity contribution in [2.45, 2.75) is 6.92 Å². The molecule has 1 fully saturated rings. The predicted octanol–water partition coefficient (Wildman–Crippen LogP) is 3.80. The molecule has 114 valence electrons. The summed E-state index contributed by atoms with van der Waals surface area (Å²) in [5, 5.41) is 7.50. The zero-order chi connectivity index (χ0) is 15.4. The Labute approximate surface area is 136 Å². The number of rotatable bonds is 3. The number of hydrogen-bond acceptors (Lipinski definition) is 3. The van der Waals surface area contributed by atoms with Crippen LogP contribution in [0, 0.1) is 6.92 Å². The smallest absolute Gasteiger partial charge is 0.0542 e. The highest BCUT2D eigenvalue weighted by Crippen LogP contribution is 2.19. The van der Waals surface area contributed by atoms with Gasteiger partial charge >= 0.3 is 0 Å². The van der Waals surface area contributed by atoms with E-state index in [9.17, 15) is 0 Å². The fourth-order valence-corrected chi connectivity index (χ4v) is 2.65. The molecule has 1 saturated heterocycles. The molecule has 2 aromatic rings. The van der Waals surface area contributed by atoms with Gasteiger partial charge in [0.25, 0.3) is 0 Å². The van der Waals surface area contributed by atoms with Crippen molar-refractivity contribution in [3.8, 4) is 0 Å². The van der Waals surface area contributed by atoms with E-state index in [0.29, 0.717) is 0 Å². The number of piperazine rings is 1. The van der Waals surface area contributed by atoms with Crippen LogP contribution in [0.4, 0.5) is 5.69 Å². The summed E-state index contributed by atoms with van der Waals surface area (Å²) in [7, 11) is 0. The topological polar surface area (TPSA) is 18.8 Å². The zero-order valence-corrected chi connectivity index (χ0v) is 13.5. The third-order valence-corrected chi connectivity index (χ3v) is 4.15. The maximum Gasteiger partial charge on any atom is 0.0542 e. The van der Waals surface area contributed by atoms with Crippen molar-refractivity contribution >= 4 is 23.5 Å². The second kappa shape index (κ2) is 6.84. The minimum Gasteiger partial charge on any atom is -0.368 e. The summed E-state index contributed by atoms with van der Waals surface area (Å²) in [5.41, 5.74) is 3.64. The Morgan fingerprint density at radius 2 is 1.55 bits per heavy atom. The highest BCUT2D eigenvalue weighted by Gasteiger charge is 2.15. The summed E-state index contributed by atoms with van der Waals surface area (Å²) < 4.78 is 0. The van der Waals surface area contributed by atoms with E-state index in [0.717, 1.165) is 36.8 Å². The number of benzene rings is 2. The van der Waals surface area contributed by atoms with Gasteiger partial charge in [-0.1, -0.05) is 41.4 Å². The van der Waals surface area contributed by atoms with Crippen LogP contribution in [0.2, 0.25) is 5.02 Å². The SMILES string of the molecule is Cc1ccc(/C=N/N2CCN(c3ccc(Cl)cc3)CC2)cc1. The number of hydrazone groups is 1. The Morgan fingerprint density at radius 1 is 0.909 bits per heavy atom. The van der Waals surface area contributed by atoms with Gasteiger partial charge in [0.2, 0.25) is 0 Å². The van der Waals surface area contributed by atoms with E-state index in [4.69, 9.17) is 11.6 Å². The van der Waals surface area contributed by atoms with E-state index >= 15 is 0 Å². The van der Waals surface area contributed by atoms with Gasteiger partial charge in [0, 0.05) is 23.8 Å². The fourth-order valence-electron chi connectivity index (χ4n) is 2.52. The molecule has 22 heavy (non-hydrogen) atoms. The second-order valence-electron chi connectivity index (χ2n) is 5.57. The van der Waals surface area contributed by atoms with Gasteiger partial charge in [-0.05, 0) is 36.8 Å². The van der Waals surface area contributed by atoms with E-state index in [1.807, 2.05) is 18.3 Å². The van der Waals surface area contributed by atoms with E-state index in [1.165, 1.54) is 11.3 Å². The first kappa shape index (κ1) is 14.9. The summed E-state index contributed by atoms with van der Waals surface area (Å²) in [6, 6.07) is 16.5. The molecule has 1 aliphatic heterocycles. The minimum atomic E-state index is 0.782. The highest BCUT2D eigenvalue weighted by atomic mass is 35.5. The van der Waals surface area contributed by atoms with Crippen LogP contribution in [-0.4, -0.2) is 37.4 Å². The fraction of sp³-hybridized carbons (Fsp3) is 0.278. The molecule has 3 nitrogen and oxygen atoms in total. The van der Waals surface area contributed by atoms with Crippen molar-refractivity contribution in [3.05, 3.63) is 64.7 Å². The molecule has 0 saturated carbocycles. The lowest BCUT2D eigenvalue weighted by Crippen LogP contribution is -2.44. The summed E-state index contributed by atoms with van der Waals surface area (Å²) in [4.78, 5) is 2.37. The van der Waals surface area contributed by atoms with Crippen molar-refractivity contribution < 1.29 is 0 Å². The van der Waals surface area contributed by atoms with Gasteiger partial charge in [0.15, 0.2) is 0 Å². The molecule has 0 spiro atoms. The van der Waals surface area contributed by atoms with Crippen LogP contribution in [0.1, 0.15) is 11.1 Å². The van der Waals surface area contributed by atoms with E-state index in [1.54, 1.807) is 0 Å². The lowest BCUT2D eigenvalue weighted by atomic mass is 10.2.